The molecule has 0 aliphatic rings. The van der Waals surface area contributed by atoms with Crippen molar-refractivity contribution in [3.63, 3.8) is 0 Å². The molecule has 7 aromatic carbocycles. The molecular formula is C48H28N6. The van der Waals surface area contributed by atoms with E-state index in [1.165, 1.54) is 0 Å². The zero-order valence-electron chi connectivity index (χ0n) is 28.8. The van der Waals surface area contributed by atoms with Crippen LogP contribution < -0.4 is 0 Å². The number of aromatic nitrogens is 4. The van der Waals surface area contributed by atoms with Crippen LogP contribution in [0.15, 0.2) is 170 Å². The quantitative estimate of drug-likeness (QED) is 0.169. The molecule has 0 N–H and O–H groups in total. The number of fused-ring (bicyclic) bond motifs is 6. The van der Waals surface area contributed by atoms with Crippen LogP contribution in [0.4, 0.5) is 5.69 Å². The predicted molar refractivity (Wildman–Crippen MR) is 218 cm³/mol. The summed E-state index contributed by atoms with van der Waals surface area (Å²) in [6.45, 7) is 7.61. The molecule has 10 rings (SSSR count). The molecule has 0 aliphatic heterocycles. The lowest BCUT2D eigenvalue weighted by Gasteiger charge is -2.12. The highest BCUT2D eigenvalue weighted by atomic mass is 15.0. The van der Waals surface area contributed by atoms with E-state index < -0.39 is 0 Å². The van der Waals surface area contributed by atoms with E-state index in [2.05, 4.69) is 105 Å². The molecule has 0 radical (unpaired) electrons. The fourth-order valence-electron chi connectivity index (χ4n) is 7.66. The van der Waals surface area contributed by atoms with Crippen LogP contribution in [0, 0.1) is 17.9 Å². The first kappa shape index (κ1) is 31.0. The number of rotatable bonds is 5. The Balaban J connectivity index is 1.11. The highest BCUT2D eigenvalue weighted by Crippen LogP contribution is 2.38. The van der Waals surface area contributed by atoms with Crippen molar-refractivity contribution in [3.8, 4) is 51.3 Å². The van der Waals surface area contributed by atoms with Crippen LogP contribution in [0.25, 0.3) is 93.7 Å². The van der Waals surface area contributed by atoms with E-state index in [0.717, 1.165) is 83.1 Å². The summed E-state index contributed by atoms with van der Waals surface area (Å²) in [5, 5.41) is 13.9. The molecule has 6 nitrogen and oxygen atoms in total. The molecule has 250 valence electrons. The minimum Gasteiger partial charge on any atom is -0.309 e. The van der Waals surface area contributed by atoms with Crippen molar-refractivity contribution < 1.29 is 0 Å². The molecule has 0 atom stereocenters. The minimum atomic E-state index is 0.571. The Morgan fingerprint density at radius 1 is 0.463 bits per heavy atom. The van der Waals surface area contributed by atoms with Crippen molar-refractivity contribution in [2.45, 2.75) is 0 Å². The summed E-state index contributed by atoms with van der Waals surface area (Å²) in [6.07, 6.45) is 0. The number of hydrogen-bond acceptors (Lipinski definition) is 3. The molecule has 0 unspecified atom stereocenters. The van der Waals surface area contributed by atoms with Crippen molar-refractivity contribution in [2.75, 3.05) is 0 Å². The van der Waals surface area contributed by atoms with Crippen molar-refractivity contribution >= 4 is 49.3 Å². The van der Waals surface area contributed by atoms with Gasteiger partial charge in [0.15, 0.2) is 11.5 Å². The highest BCUT2D eigenvalue weighted by molar-refractivity contribution is 6.13. The van der Waals surface area contributed by atoms with Gasteiger partial charge in [-0.2, -0.15) is 5.26 Å². The third kappa shape index (κ3) is 5.02. The van der Waals surface area contributed by atoms with Crippen LogP contribution in [-0.4, -0.2) is 19.1 Å². The Kier molecular flexibility index (Phi) is 7.15. The first-order valence-electron chi connectivity index (χ1n) is 17.7. The van der Waals surface area contributed by atoms with Gasteiger partial charge in [-0.1, -0.05) is 97.1 Å². The van der Waals surface area contributed by atoms with Gasteiger partial charge >= 0.3 is 0 Å². The monoisotopic (exact) mass is 688 g/mol. The number of para-hydroxylation sites is 1. The fraction of sp³-hybridized carbons (Fsp3) is 0. The van der Waals surface area contributed by atoms with Gasteiger partial charge in [0.25, 0.3) is 0 Å². The van der Waals surface area contributed by atoms with Gasteiger partial charge < -0.3 is 9.13 Å². The average molecular weight is 689 g/mol. The normalized spacial score (nSPS) is 11.3. The molecule has 3 aromatic heterocycles. The summed E-state index contributed by atoms with van der Waals surface area (Å²) in [6, 6.07) is 60.0. The van der Waals surface area contributed by atoms with Crippen LogP contribution in [-0.2, 0) is 0 Å². The van der Waals surface area contributed by atoms with Gasteiger partial charge in [0.05, 0.1) is 51.7 Å². The maximum Gasteiger partial charge on any atom is 0.188 e. The molecule has 0 fully saturated rings. The van der Waals surface area contributed by atoms with E-state index in [4.69, 9.17) is 16.5 Å². The number of hydrogen-bond donors (Lipinski definition) is 0. The van der Waals surface area contributed by atoms with E-state index in [1.54, 1.807) is 0 Å². The molecule has 0 spiro atoms. The van der Waals surface area contributed by atoms with Crippen LogP contribution >= 0.6 is 0 Å². The lowest BCUT2D eigenvalue weighted by atomic mass is 10.1. The zero-order valence-corrected chi connectivity index (χ0v) is 28.8. The van der Waals surface area contributed by atoms with Gasteiger partial charge in [-0.3, -0.25) is 0 Å². The second kappa shape index (κ2) is 12.5. The summed E-state index contributed by atoms with van der Waals surface area (Å²) in [5.74, 6) is 0.690. The van der Waals surface area contributed by atoms with Gasteiger partial charge in [0.1, 0.15) is 0 Å². The molecule has 3 heterocycles. The molecule has 0 saturated carbocycles. The minimum absolute atomic E-state index is 0.571. The van der Waals surface area contributed by atoms with Crippen LogP contribution in [0.5, 0.6) is 0 Å². The Hall–Kier alpha value is -7.80. The Morgan fingerprint density at radius 2 is 1.00 bits per heavy atom. The van der Waals surface area contributed by atoms with E-state index in [1.807, 2.05) is 84.9 Å². The number of nitrogens with zero attached hydrogens (tertiary/aromatic N) is 6. The van der Waals surface area contributed by atoms with E-state index in [-0.39, 0.29) is 0 Å². The van der Waals surface area contributed by atoms with E-state index in [0.29, 0.717) is 17.1 Å². The first-order valence-corrected chi connectivity index (χ1v) is 17.7. The van der Waals surface area contributed by atoms with Crippen molar-refractivity contribution in [2.24, 2.45) is 0 Å². The average Bonchev–Trinajstić information content (AvgIpc) is 3.75. The first-order chi connectivity index (χ1) is 26.7. The predicted octanol–water partition coefficient (Wildman–Crippen LogP) is 12.1. The third-order valence-electron chi connectivity index (χ3n) is 10.2. The summed E-state index contributed by atoms with van der Waals surface area (Å²) >= 11 is 0. The number of benzene rings is 7. The molecule has 0 amide bonds. The van der Waals surface area contributed by atoms with Crippen LogP contribution in [0.3, 0.4) is 0 Å². The third-order valence-corrected chi connectivity index (χ3v) is 10.2. The molecule has 54 heavy (non-hydrogen) atoms. The molecule has 0 saturated heterocycles. The molecular weight excluding hydrogens is 661 g/mol. The maximum absolute atomic E-state index is 9.68. The lowest BCUT2D eigenvalue weighted by Crippen LogP contribution is -1.97. The Labute approximate surface area is 310 Å². The second-order valence-electron chi connectivity index (χ2n) is 13.3. The Morgan fingerprint density at radius 3 is 1.70 bits per heavy atom. The summed E-state index contributed by atoms with van der Waals surface area (Å²) in [4.78, 5) is 13.7. The molecule has 0 aliphatic carbocycles. The zero-order chi connectivity index (χ0) is 36.2. The van der Waals surface area contributed by atoms with E-state index >= 15 is 0 Å². The van der Waals surface area contributed by atoms with Crippen LogP contribution in [0.1, 0.15) is 5.56 Å². The second-order valence-corrected chi connectivity index (χ2v) is 13.3. The lowest BCUT2D eigenvalue weighted by molar-refractivity contribution is 1.16. The molecule has 10 aromatic rings. The van der Waals surface area contributed by atoms with Crippen molar-refractivity contribution in [1.82, 2.24) is 19.1 Å². The number of nitriles is 1. The maximum atomic E-state index is 9.68. The largest absolute Gasteiger partial charge is 0.309 e. The summed E-state index contributed by atoms with van der Waals surface area (Å²) in [5.41, 5.74) is 12.1. The Bertz CT molecular complexity index is 3030. The molecule has 6 heteroatoms. The van der Waals surface area contributed by atoms with Gasteiger partial charge in [-0.25, -0.2) is 14.8 Å². The van der Waals surface area contributed by atoms with Crippen molar-refractivity contribution in [3.05, 3.63) is 187 Å². The van der Waals surface area contributed by atoms with Gasteiger partial charge in [-0.15, -0.1) is 0 Å². The van der Waals surface area contributed by atoms with Gasteiger partial charge in [0.2, 0.25) is 0 Å². The SMILES string of the molecule is [C-]#[N+]c1ccc2c(c1)c1cc(C#N)ccc1n2-c1ccc2c(c1)c1ccccc1n2-c1ccc(-c2cc(-c3ccccc3)nc(-c3ccccc3)n2)cc1. The van der Waals surface area contributed by atoms with Gasteiger partial charge in [-0.05, 0) is 78.2 Å². The standard InChI is InChI=1S/C48H28N6/c1-50-35-19-24-46-40(27-35)39-26-31(30-49)16-23-45(39)54(46)37-22-25-47-41(28-37)38-14-8-9-15-44(38)53(47)36-20-17-33(18-21-36)43-29-42(32-10-4-2-5-11-32)51-48(52-43)34-12-6-3-7-13-34/h2-29H. The van der Waals surface area contributed by atoms with Crippen LogP contribution in [0.2, 0.25) is 0 Å². The topological polar surface area (TPSA) is 63.8 Å². The summed E-state index contributed by atoms with van der Waals surface area (Å²) in [7, 11) is 0. The van der Waals surface area contributed by atoms with Crippen molar-refractivity contribution in [1.29, 1.82) is 5.26 Å². The van der Waals surface area contributed by atoms with Gasteiger partial charge in [0, 0.05) is 44.2 Å². The van der Waals surface area contributed by atoms with E-state index in [9.17, 15) is 5.26 Å². The summed E-state index contributed by atoms with van der Waals surface area (Å²) < 4.78 is 4.55. The highest BCUT2D eigenvalue weighted by Gasteiger charge is 2.18. The fourth-order valence-corrected chi connectivity index (χ4v) is 7.66. The molecule has 0 bridgehead atoms. The smallest absolute Gasteiger partial charge is 0.188 e.